The maximum absolute atomic E-state index is 3.90. The minimum absolute atomic E-state index is 1.04. The van der Waals surface area contributed by atoms with E-state index in [9.17, 15) is 0 Å². The Hall–Kier alpha value is -1.10. The molecule has 2 rings (SSSR count). The Labute approximate surface area is 71.4 Å². The molecule has 66 valence electrons. The molecule has 0 radical (unpaired) electrons. The van der Waals surface area contributed by atoms with Gasteiger partial charge in [-0.25, -0.2) is 4.68 Å². The fourth-order valence-corrected chi connectivity index (χ4v) is 1.46. The average molecular weight is 167 g/mol. The quantitative estimate of drug-likeness (QED) is 0.596. The van der Waals surface area contributed by atoms with Crippen molar-refractivity contribution in [3.05, 3.63) is 6.20 Å². The Balaban J connectivity index is 2.13. The monoisotopic (exact) mass is 167 g/mol. The summed E-state index contributed by atoms with van der Waals surface area (Å²) >= 11 is 0. The molecule has 0 atom stereocenters. The van der Waals surface area contributed by atoms with Crippen LogP contribution in [0.3, 0.4) is 0 Å². The first kappa shape index (κ1) is 7.54. The standard InChI is InChI=1S/C7H13N5/c1-11-7(6-9-10-11)12-4-2-8-3-5-12/h6,8H,2-5H2,1H3. The highest BCUT2D eigenvalue weighted by atomic mass is 15.5. The van der Waals surface area contributed by atoms with Crippen LogP contribution in [-0.2, 0) is 7.05 Å². The molecule has 0 unspecified atom stereocenters. The fourth-order valence-electron chi connectivity index (χ4n) is 1.46. The number of aromatic nitrogens is 3. The van der Waals surface area contributed by atoms with Gasteiger partial charge >= 0.3 is 0 Å². The van der Waals surface area contributed by atoms with Crippen LogP contribution in [0.15, 0.2) is 6.20 Å². The zero-order valence-corrected chi connectivity index (χ0v) is 7.19. The highest BCUT2D eigenvalue weighted by Gasteiger charge is 2.13. The minimum atomic E-state index is 1.04. The van der Waals surface area contributed by atoms with Crippen molar-refractivity contribution in [2.24, 2.45) is 7.05 Å². The van der Waals surface area contributed by atoms with Gasteiger partial charge in [0.05, 0.1) is 6.20 Å². The van der Waals surface area contributed by atoms with E-state index in [-0.39, 0.29) is 0 Å². The lowest BCUT2D eigenvalue weighted by molar-refractivity contribution is 0.571. The van der Waals surface area contributed by atoms with Gasteiger partial charge in [-0.15, -0.1) is 5.10 Å². The highest BCUT2D eigenvalue weighted by Crippen LogP contribution is 2.09. The second-order valence-corrected chi connectivity index (χ2v) is 2.95. The number of aryl methyl sites for hydroxylation is 1. The molecule has 1 N–H and O–H groups in total. The summed E-state index contributed by atoms with van der Waals surface area (Å²) in [6.45, 7) is 4.18. The lowest BCUT2D eigenvalue weighted by Crippen LogP contribution is -2.44. The van der Waals surface area contributed by atoms with E-state index in [1.807, 2.05) is 17.9 Å². The molecule has 0 saturated carbocycles. The minimum Gasteiger partial charge on any atom is -0.353 e. The summed E-state index contributed by atoms with van der Waals surface area (Å²) in [6.07, 6.45) is 1.81. The van der Waals surface area contributed by atoms with Crippen LogP contribution < -0.4 is 10.2 Å². The third-order valence-electron chi connectivity index (χ3n) is 2.13. The maximum atomic E-state index is 3.90. The molecule has 1 aliphatic heterocycles. The molecule has 1 aromatic heterocycles. The van der Waals surface area contributed by atoms with E-state index in [2.05, 4.69) is 20.5 Å². The summed E-state index contributed by atoms with van der Waals surface area (Å²) in [4.78, 5) is 2.29. The normalized spacial score (nSPS) is 18.2. The van der Waals surface area contributed by atoms with Crippen molar-refractivity contribution in [3.63, 3.8) is 0 Å². The van der Waals surface area contributed by atoms with Gasteiger partial charge in [-0.1, -0.05) is 5.21 Å². The largest absolute Gasteiger partial charge is 0.353 e. The molecule has 1 fully saturated rings. The van der Waals surface area contributed by atoms with Crippen molar-refractivity contribution in [1.29, 1.82) is 0 Å². The fraction of sp³-hybridized carbons (Fsp3) is 0.714. The third-order valence-corrected chi connectivity index (χ3v) is 2.13. The number of rotatable bonds is 1. The average Bonchev–Trinajstić information content (AvgIpc) is 2.53. The van der Waals surface area contributed by atoms with E-state index < -0.39 is 0 Å². The van der Waals surface area contributed by atoms with Crippen molar-refractivity contribution in [3.8, 4) is 0 Å². The van der Waals surface area contributed by atoms with E-state index in [0.29, 0.717) is 0 Å². The molecule has 5 heteroatoms. The van der Waals surface area contributed by atoms with Gasteiger partial charge in [0.15, 0.2) is 0 Å². The zero-order chi connectivity index (χ0) is 8.39. The van der Waals surface area contributed by atoms with Gasteiger partial charge in [-0.05, 0) is 0 Å². The number of hydrogen-bond acceptors (Lipinski definition) is 4. The van der Waals surface area contributed by atoms with E-state index >= 15 is 0 Å². The van der Waals surface area contributed by atoms with Gasteiger partial charge in [0.25, 0.3) is 0 Å². The lowest BCUT2D eigenvalue weighted by Gasteiger charge is -2.28. The Kier molecular flexibility index (Phi) is 1.95. The molecule has 0 aliphatic carbocycles. The smallest absolute Gasteiger partial charge is 0.147 e. The first-order valence-electron chi connectivity index (χ1n) is 4.18. The molecule has 0 aromatic carbocycles. The Morgan fingerprint density at radius 3 is 2.75 bits per heavy atom. The van der Waals surface area contributed by atoms with E-state index in [4.69, 9.17) is 0 Å². The predicted octanol–water partition coefficient (Wildman–Crippen LogP) is -0.775. The van der Waals surface area contributed by atoms with Crippen LogP contribution in [0.2, 0.25) is 0 Å². The first-order valence-corrected chi connectivity index (χ1v) is 4.18. The summed E-state index contributed by atoms with van der Waals surface area (Å²) in [6, 6.07) is 0. The molecular weight excluding hydrogens is 154 g/mol. The van der Waals surface area contributed by atoms with Crippen LogP contribution in [-0.4, -0.2) is 41.2 Å². The topological polar surface area (TPSA) is 46.0 Å². The zero-order valence-electron chi connectivity index (χ0n) is 7.19. The lowest BCUT2D eigenvalue weighted by atomic mass is 10.4. The van der Waals surface area contributed by atoms with Crippen molar-refractivity contribution < 1.29 is 0 Å². The van der Waals surface area contributed by atoms with E-state index in [1.165, 1.54) is 0 Å². The number of anilines is 1. The van der Waals surface area contributed by atoms with Crippen molar-refractivity contribution in [2.45, 2.75) is 0 Å². The molecule has 12 heavy (non-hydrogen) atoms. The van der Waals surface area contributed by atoms with Gasteiger partial charge in [-0.3, -0.25) is 0 Å². The molecule has 1 saturated heterocycles. The van der Waals surface area contributed by atoms with E-state index in [1.54, 1.807) is 0 Å². The van der Waals surface area contributed by atoms with Gasteiger partial charge in [0, 0.05) is 33.2 Å². The number of piperazine rings is 1. The van der Waals surface area contributed by atoms with Crippen molar-refractivity contribution in [2.75, 3.05) is 31.1 Å². The Morgan fingerprint density at radius 1 is 1.42 bits per heavy atom. The summed E-state index contributed by atoms with van der Waals surface area (Å²) < 4.78 is 1.81. The summed E-state index contributed by atoms with van der Waals surface area (Å²) in [5, 5.41) is 11.0. The van der Waals surface area contributed by atoms with Crippen LogP contribution in [0.25, 0.3) is 0 Å². The number of nitrogens with zero attached hydrogens (tertiary/aromatic N) is 4. The van der Waals surface area contributed by atoms with Crippen LogP contribution in [0.4, 0.5) is 5.82 Å². The van der Waals surface area contributed by atoms with Crippen LogP contribution in [0.1, 0.15) is 0 Å². The summed E-state index contributed by atoms with van der Waals surface area (Å²) in [5.74, 6) is 1.11. The van der Waals surface area contributed by atoms with Crippen molar-refractivity contribution >= 4 is 5.82 Å². The Bertz CT molecular complexity index is 250. The maximum Gasteiger partial charge on any atom is 0.147 e. The molecule has 0 spiro atoms. The molecule has 5 nitrogen and oxygen atoms in total. The molecule has 1 aromatic rings. The first-order chi connectivity index (χ1) is 5.88. The molecule has 0 bridgehead atoms. The second kappa shape index (κ2) is 3.10. The SMILES string of the molecule is Cn1nncc1N1CCNCC1. The molecule has 1 aliphatic rings. The van der Waals surface area contributed by atoms with Crippen LogP contribution in [0, 0.1) is 0 Å². The number of nitrogens with one attached hydrogen (secondary N) is 1. The molecule has 0 amide bonds. The van der Waals surface area contributed by atoms with Gasteiger partial charge in [0.1, 0.15) is 5.82 Å². The molecular formula is C7H13N5. The second-order valence-electron chi connectivity index (χ2n) is 2.95. The third kappa shape index (κ3) is 1.27. The van der Waals surface area contributed by atoms with Crippen molar-refractivity contribution in [1.82, 2.24) is 20.3 Å². The molecule has 2 heterocycles. The predicted molar refractivity (Wildman–Crippen MR) is 46.1 cm³/mol. The van der Waals surface area contributed by atoms with Gasteiger partial charge in [-0.2, -0.15) is 0 Å². The number of hydrogen-bond donors (Lipinski definition) is 1. The van der Waals surface area contributed by atoms with Crippen LogP contribution >= 0.6 is 0 Å². The summed E-state index contributed by atoms with van der Waals surface area (Å²) in [7, 11) is 1.92. The highest BCUT2D eigenvalue weighted by molar-refractivity contribution is 5.36. The Morgan fingerprint density at radius 2 is 2.17 bits per heavy atom. The summed E-state index contributed by atoms with van der Waals surface area (Å²) in [5.41, 5.74) is 0. The van der Waals surface area contributed by atoms with Gasteiger partial charge in [0.2, 0.25) is 0 Å². The van der Waals surface area contributed by atoms with Crippen LogP contribution in [0.5, 0.6) is 0 Å². The van der Waals surface area contributed by atoms with E-state index in [0.717, 1.165) is 32.0 Å². The van der Waals surface area contributed by atoms with Gasteiger partial charge < -0.3 is 10.2 Å².